The van der Waals surface area contributed by atoms with Crippen LogP contribution in [0.4, 0.5) is 0 Å². The van der Waals surface area contributed by atoms with Crippen molar-refractivity contribution in [3.63, 3.8) is 0 Å². The Morgan fingerprint density at radius 2 is 0.974 bits per heavy atom. The number of phenolic OH excluding ortho intramolecular Hbond substituents is 1. The van der Waals surface area contributed by atoms with Crippen molar-refractivity contribution in [1.82, 2.24) is 0 Å². The molecule has 39 heavy (non-hydrogen) atoms. The van der Waals surface area contributed by atoms with Crippen LogP contribution in [-0.4, -0.2) is 18.2 Å². The summed E-state index contributed by atoms with van der Waals surface area (Å²) in [5, 5.41) is 10.6. The largest absolute Gasteiger partial charge is 0.507 e. The van der Waals surface area contributed by atoms with Crippen molar-refractivity contribution in [2.24, 2.45) is 0 Å². The Balaban J connectivity index is 0.000000748. The normalized spacial score (nSPS) is 11.7. The van der Waals surface area contributed by atoms with Crippen LogP contribution in [0.15, 0.2) is 12.1 Å². The summed E-state index contributed by atoms with van der Waals surface area (Å²) in [6.07, 6.45) is 24.2. The zero-order valence-corrected chi connectivity index (χ0v) is 27.4. The molecule has 0 saturated heterocycles. The summed E-state index contributed by atoms with van der Waals surface area (Å²) in [4.78, 5) is 9.94. The van der Waals surface area contributed by atoms with Gasteiger partial charge < -0.3 is 9.84 Å². The fraction of sp³-hybridized carbons (Fsp3) is 0.806. The predicted octanol–water partition coefficient (Wildman–Crippen LogP) is 11.4. The van der Waals surface area contributed by atoms with Crippen LogP contribution in [0.25, 0.3) is 0 Å². The fourth-order valence-corrected chi connectivity index (χ4v) is 5.05. The van der Waals surface area contributed by atoms with Crippen LogP contribution in [-0.2, 0) is 26.8 Å². The number of hydrogen-bond donors (Lipinski definition) is 1. The van der Waals surface area contributed by atoms with E-state index >= 15 is 0 Å². The molecule has 1 aromatic carbocycles. The highest BCUT2D eigenvalue weighted by atomic mass is 16.5. The number of rotatable bonds is 20. The topological polar surface area (TPSA) is 46.5 Å². The third-order valence-electron chi connectivity index (χ3n) is 7.51. The number of benzene rings is 1. The minimum absolute atomic E-state index is 0.0200. The van der Waals surface area contributed by atoms with E-state index in [-0.39, 0.29) is 10.8 Å². The van der Waals surface area contributed by atoms with Crippen molar-refractivity contribution < 1.29 is 14.6 Å². The van der Waals surface area contributed by atoms with E-state index in [4.69, 9.17) is 0 Å². The molecule has 1 N–H and O–H groups in total. The maximum absolute atomic E-state index is 10.6. The van der Waals surface area contributed by atoms with E-state index in [1.165, 1.54) is 102 Å². The number of hydrogen-bond acceptors (Lipinski definition) is 3. The van der Waals surface area contributed by atoms with Crippen molar-refractivity contribution in [3.05, 3.63) is 28.8 Å². The zero-order valence-electron chi connectivity index (χ0n) is 27.4. The summed E-state index contributed by atoms with van der Waals surface area (Å²) in [5.41, 5.74) is 3.43. The van der Waals surface area contributed by atoms with E-state index in [0.717, 1.165) is 30.4 Å². The van der Waals surface area contributed by atoms with E-state index in [0.29, 0.717) is 18.8 Å². The van der Waals surface area contributed by atoms with Crippen molar-refractivity contribution in [1.29, 1.82) is 0 Å². The summed E-state index contributed by atoms with van der Waals surface area (Å²) in [6.45, 7) is 18.6. The lowest BCUT2D eigenvalue weighted by molar-refractivity contribution is -0.128. The molecule has 3 heteroatoms. The minimum Gasteiger partial charge on any atom is -0.507 e. The van der Waals surface area contributed by atoms with E-state index in [2.05, 4.69) is 72.3 Å². The Hall–Kier alpha value is -1.51. The average Bonchev–Trinajstić information content (AvgIpc) is 2.86. The van der Waals surface area contributed by atoms with E-state index in [1.54, 1.807) is 0 Å². The molecule has 0 aromatic heterocycles. The SMILES string of the molecule is CCCCCCCCCCCCCCCCCCOC=O.CCCc1cc(C(C)(C)C)c(O)c(C(C)(C)C)c1. The van der Waals surface area contributed by atoms with E-state index in [9.17, 15) is 9.90 Å². The predicted molar refractivity (Wildman–Crippen MR) is 171 cm³/mol. The van der Waals surface area contributed by atoms with Gasteiger partial charge in [-0.05, 0) is 40.4 Å². The van der Waals surface area contributed by atoms with Gasteiger partial charge in [0.15, 0.2) is 0 Å². The van der Waals surface area contributed by atoms with Gasteiger partial charge in [-0.2, -0.15) is 0 Å². The van der Waals surface area contributed by atoms with Crippen LogP contribution in [0.3, 0.4) is 0 Å². The Kier molecular flexibility index (Phi) is 21.4. The smallest absolute Gasteiger partial charge is 0.293 e. The quantitative estimate of drug-likeness (QED) is 0.131. The van der Waals surface area contributed by atoms with Gasteiger partial charge in [0.1, 0.15) is 5.75 Å². The molecule has 0 bridgehead atoms. The molecule has 228 valence electrons. The standard InChI is InChI=1S/C19H38O2.C17H28O/c1-2-3-4-5-6-7-8-9-10-11-12-13-14-15-16-17-18-21-19-20;1-8-9-12-10-13(16(2,3)4)15(18)14(11-12)17(5,6)7/h19H,2-18H2,1H3;10-11,18H,8-9H2,1-7H3. The Labute approximate surface area is 243 Å². The molecule has 0 aliphatic rings. The molecule has 0 atom stereocenters. The molecule has 0 fully saturated rings. The first-order valence-electron chi connectivity index (χ1n) is 16.4. The molecule has 1 aromatic rings. The second kappa shape index (κ2) is 22.2. The second-order valence-electron chi connectivity index (χ2n) is 13.6. The second-order valence-corrected chi connectivity index (χ2v) is 13.6. The van der Waals surface area contributed by atoms with Gasteiger partial charge in [0, 0.05) is 0 Å². The van der Waals surface area contributed by atoms with Crippen LogP contribution >= 0.6 is 0 Å². The molecular weight excluding hydrogens is 480 g/mol. The third-order valence-corrected chi connectivity index (χ3v) is 7.51. The molecule has 0 unspecified atom stereocenters. The van der Waals surface area contributed by atoms with Gasteiger partial charge in [0.05, 0.1) is 6.61 Å². The number of ether oxygens (including phenoxy) is 1. The van der Waals surface area contributed by atoms with Gasteiger partial charge in [-0.25, -0.2) is 0 Å². The number of aromatic hydroxyl groups is 1. The van der Waals surface area contributed by atoms with Crippen LogP contribution in [0.2, 0.25) is 0 Å². The van der Waals surface area contributed by atoms with Gasteiger partial charge in [0.2, 0.25) is 0 Å². The van der Waals surface area contributed by atoms with Crippen LogP contribution in [0.5, 0.6) is 5.75 Å². The third kappa shape index (κ3) is 19.2. The van der Waals surface area contributed by atoms with Crippen molar-refractivity contribution in [2.75, 3.05) is 6.61 Å². The first-order valence-corrected chi connectivity index (χ1v) is 16.4. The Morgan fingerprint density at radius 1 is 0.615 bits per heavy atom. The van der Waals surface area contributed by atoms with E-state index in [1.807, 2.05) is 0 Å². The summed E-state index contributed by atoms with van der Waals surface area (Å²) in [6, 6.07) is 4.35. The maximum Gasteiger partial charge on any atom is 0.293 e. The average molecular weight is 547 g/mol. The van der Waals surface area contributed by atoms with Crippen LogP contribution in [0.1, 0.15) is 181 Å². The molecule has 0 aliphatic carbocycles. The fourth-order valence-electron chi connectivity index (χ4n) is 5.05. The molecule has 0 saturated carbocycles. The van der Waals surface area contributed by atoms with Gasteiger partial charge in [-0.3, -0.25) is 4.79 Å². The highest BCUT2D eigenvalue weighted by Crippen LogP contribution is 2.39. The van der Waals surface area contributed by atoms with Crippen molar-refractivity contribution in [2.45, 2.75) is 182 Å². The maximum atomic E-state index is 10.6. The van der Waals surface area contributed by atoms with Gasteiger partial charge in [0.25, 0.3) is 6.47 Å². The molecule has 0 radical (unpaired) electrons. The van der Waals surface area contributed by atoms with Crippen LogP contribution in [0, 0.1) is 0 Å². The molecule has 0 aliphatic heterocycles. The minimum atomic E-state index is -0.0200. The molecule has 0 heterocycles. The van der Waals surface area contributed by atoms with Crippen molar-refractivity contribution in [3.8, 4) is 5.75 Å². The zero-order chi connectivity index (χ0) is 29.6. The number of phenols is 1. The number of carbonyl (C=O) groups is 1. The van der Waals surface area contributed by atoms with Crippen molar-refractivity contribution >= 4 is 6.47 Å². The summed E-state index contributed by atoms with van der Waals surface area (Å²) >= 11 is 0. The Morgan fingerprint density at radius 3 is 1.28 bits per heavy atom. The highest BCUT2D eigenvalue weighted by molar-refractivity contribution is 5.49. The lowest BCUT2D eigenvalue weighted by Crippen LogP contribution is -2.17. The molecule has 1 rings (SSSR count). The molecule has 3 nitrogen and oxygen atoms in total. The van der Waals surface area contributed by atoms with Crippen LogP contribution < -0.4 is 0 Å². The first kappa shape index (κ1) is 37.5. The van der Waals surface area contributed by atoms with Gasteiger partial charge >= 0.3 is 0 Å². The highest BCUT2D eigenvalue weighted by Gasteiger charge is 2.26. The monoisotopic (exact) mass is 547 g/mol. The van der Waals surface area contributed by atoms with E-state index < -0.39 is 0 Å². The summed E-state index contributed by atoms with van der Waals surface area (Å²) < 4.78 is 4.67. The number of aryl methyl sites for hydroxylation is 1. The first-order chi connectivity index (χ1) is 18.5. The van der Waals surface area contributed by atoms with Gasteiger partial charge in [-0.1, -0.05) is 170 Å². The number of unbranched alkanes of at least 4 members (excludes halogenated alkanes) is 15. The summed E-state index contributed by atoms with van der Waals surface area (Å²) in [5.74, 6) is 0.481. The molecule has 0 spiro atoms. The lowest BCUT2D eigenvalue weighted by Gasteiger charge is -2.28. The molecule has 0 amide bonds. The lowest BCUT2D eigenvalue weighted by atomic mass is 9.78. The summed E-state index contributed by atoms with van der Waals surface area (Å²) in [7, 11) is 0. The number of carbonyl (C=O) groups excluding carboxylic acids is 1. The Bertz CT molecular complexity index is 689. The van der Waals surface area contributed by atoms with Gasteiger partial charge in [-0.15, -0.1) is 0 Å². The molecular formula is C36H66O3.